The Morgan fingerprint density at radius 3 is 2.73 bits per heavy atom. The maximum Gasteiger partial charge on any atom is 0.410 e. The Bertz CT molecular complexity index is 1480. The second kappa shape index (κ2) is 13.6. The van der Waals surface area contributed by atoms with Crippen molar-refractivity contribution in [2.45, 2.75) is 77.4 Å². The van der Waals surface area contributed by atoms with E-state index >= 15 is 0 Å². The molecule has 1 fully saturated rings. The van der Waals surface area contributed by atoms with E-state index in [2.05, 4.69) is 40.1 Å². The number of nitrogen functional groups attached to an aromatic ring is 1. The van der Waals surface area contributed by atoms with E-state index in [1.54, 1.807) is 34.7 Å². The van der Waals surface area contributed by atoms with Crippen LogP contribution in [0.15, 0.2) is 6.07 Å². The van der Waals surface area contributed by atoms with E-state index in [4.69, 9.17) is 25.6 Å². The maximum atomic E-state index is 13.8. The van der Waals surface area contributed by atoms with Crippen molar-refractivity contribution in [1.82, 2.24) is 25.1 Å². The largest absolute Gasteiger partial charge is 0.476 e. The summed E-state index contributed by atoms with van der Waals surface area (Å²) in [5, 5.41) is 21.9. The highest BCUT2D eigenvalue weighted by atomic mass is 32.1. The minimum Gasteiger partial charge on any atom is -0.476 e. The first-order valence-electron chi connectivity index (χ1n) is 15.3. The minimum absolute atomic E-state index is 0.0932. The predicted molar refractivity (Wildman–Crippen MR) is 174 cm³/mol. The molecule has 0 saturated carbocycles. The Morgan fingerprint density at radius 1 is 1.31 bits per heavy atom. The summed E-state index contributed by atoms with van der Waals surface area (Å²) in [6, 6.07) is 3.79. The molecule has 0 unspecified atom stereocenters. The van der Waals surface area contributed by atoms with Crippen molar-refractivity contribution in [2.24, 2.45) is 0 Å². The van der Waals surface area contributed by atoms with E-state index in [1.165, 1.54) is 22.3 Å². The quantitative estimate of drug-likeness (QED) is 0.301. The summed E-state index contributed by atoms with van der Waals surface area (Å²) in [5.41, 5.74) is 5.69. The second-order valence-corrected chi connectivity index (χ2v) is 14.2. The summed E-state index contributed by atoms with van der Waals surface area (Å²) in [6.45, 7) is 12.2. The molecule has 0 bridgehead atoms. The Hall–Kier alpha value is -3.96. The van der Waals surface area contributed by atoms with Crippen LogP contribution in [0.5, 0.6) is 5.88 Å². The summed E-state index contributed by atoms with van der Waals surface area (Å²) in [7, 11) is 3.71. The fraction of sp³-hybridized carbons (Fsp3) is 0.613. The molecule has 1 aliphatic heterocycles. The third-order valence-corrected chi connectivity index (χ3v) is 9.20. The van der Waals surface area contributed by atoms with Gasteiger partial charge in [0.2, 0.25) is 17.7 Å². The van der Waals surface area contributed by atoms with Gasteiger partial charge < -0.3 is 35.2 Å². The second-order valence-electron chi connectivity index (χ2n) is 13.1. The Morgan fingerprint density at radius 2 is 2.04 bits per heavy atom. The van der Waals surface area contributed by atoms with Crippen molar-refractivity contribution in [1.29, 1.82) is 10.7 Å². The van der Waals surface area contributed by atoms with Gasteiger partial charge >= 0.3 is 6.09 Å². The van der Waals surface area contributed by atoms with Crippen LogP contribution in [0.4, 0.5) is 15.7 Å². The summed E-state index contributed by atoms with van der Waals surface area (Å²) < 4.78 is 11.4. The molecule has 244 valence electrons. The summed E-state index contributed by atoms with van der Waals surface area (Å²) in [4.78, 5) is 42.3. The lowest BCUT2D eigenvalue weighted by Crippen LogP contribution is -2.47. The number of nitrogens with two attached hydrogens (primary N) is 1. The number of amides is 2. The van der Waals surface area contributed by atoms with Crippen molar-refractivity contribution < 1.29 is 19.1 Å². The fourth-order valence-electron chi connectivity index (χ4n) is 5.77. The summed E-state index contributed by atoms with van der Waals surface area (Å²) >= 11 is 1.35. The van der Waals surface area contributed by atoms with E-state index < -0.39 is 23.0 Å². The van der Waals surface area contributed by atoms with E-state index in [0.29, 0.717) is 35.0 Å². The van der Waals surface area contributed by atoms with E-state index in [9.17, 15) is 14.9 Å². The van der Waals surface area contributed by atoms with Crippen molar-refractivity contribution >= 4 is 40.1 Å². The van der Waals surface area contributed by atoms with Gasteiger partial charge in [0.05, 0.1) is 17.5 Å². The smallest absolute Gasteiger partial charge is 0.410 e. The molecule has 2 aliphatic rings. The lowest BCUT2D eigenvalue weighted by Gasteiger charge is -2.33. The molecule has 2 amide bonds. The van der Waals surface area contributed by atoms with Gasteiger partial charge in [-0.2, -0.15) is 10.2 Å². The number of carbonyl (C=O) groups excluding carboxylic acids is 2. The molecular formula is C31H45N9O4S. The van der Waals surface area contributed by atoms with Crippen LogP contribution >= 0.6 is 11.3 Å². The number of aromatic nitrogens is 2. The van der Waals surface area contributed by atoms with Crippen LogP contribution in [-0.4, -0.2) is 96.1 Å². The molecule has 3 heterocycles. The maximum absolute atomic E-state index is 13.8. The van der Waals surface area contributed by atoms with Crippen LogP contribution in [0.1, 0.15) is 75.6 Å². The predicted octanol–water partition coefficient (Wildman–Crippen LogP) is 3.50. The number of aryl methyl sites for hydroxylation is 1. The average Bonchev–Trinajstić information content (AvgIpc) is 3.19. The molecule has 1 saturated heterocycles. The zero-order valence-corrected chi connectivity index (χ0v) is 28.1. The molecule has 0 radical (unpaired) electrons. The van der Waals surface area contributed by atoms with Crippen molar-refractivity contribution in [2.75, 3.05) is 57.5 Å². The zero-order valence-electron chi connectivity index (χ0n) is 27.3. The topological polar surface area (TPSA) is 174 Å². The Balaban J connectivity index is 1.58. The van der Waals surface area contributed by atoms with E-state index in [-0.39, 0.29) is 36.6 Å². The molecule has 13 nitrogen and oxygen atoms in total. The number of fused-ring (bicyclic) bond motifs is 1. The molecule has 0 spiro atoms. The van der Waals surface area contributed by atoms with Crippen LogP contribution in [0.25, 0.3) is 0 Å². The van der Waals surface area contributed by atoms with Gasteiger partial charge in [0.15, 0.2) is 5.84 Å². The molecular weight excluding hydrogens is 594 g/mol. The van der Waals surface area contributed by atoms with Gasteiger partial charge in [-0.3, -0.25) is 10.2 Å². The monoisotopic (exact) mass is 639 g/mol. The number of hydrogen-bond donors (Lipinski definition) is 3. The van der Waals surface area contributed by atoms with Gasteiger partial charge in [0.1, 0.15) is 29.0 Å². The van der Waals surface area contributed by atoms with Crippen molar-refractivity contribution in [3.05, 3.63) is 27.8 Å². The number of anilines is 2. The van der Waals surface area contributed by atoms with E-state index in [1.807, 2.05) is 0 Å². The molecule has 4 N–H and O–H groups in total. The number of thiophene rings is 1. The molecule has 1 aliphatic carbocycles. The van der Waals surface area contributed by atoms with Crippen molar-refractivity contribution in [3.63, 3.8) is 0 Å². The highest BCUT2D eigenvalue weighted by Crippen LogP contribution is 2.45. The Labute approximate surface area is 269 Å². The van der Waals surface area contributed by atoms with Crippen LogP contribution in [0.3, 0.4) is 0 Å². The third-order valence-electron chi connectivity index (χ3n) is 8.12. The zero-order chi connectivity index (χ0) is 33.1. The van der Waals surface area contributed by atoms with Crippen LogP contribution in [-0.2, 0) is 21.4 Å². The number of hydrogen-bond acceptors (Lipinski definition) is 12. The first-order valence-corrected chi connectivity index (χ1v) is 16.1. The molecule has 2 aromatic heterocycles. The van der Waals surface area contributed by atoms with Gasteiger partial charge in [-0.25, -0.2) is 9.78 Å². The first kappa shape index (κ1) is 33.9. The van der Waals surface area contributed by atoms with Gasteiger partial charge in [0.25, 0.3) is 0 Å². The first-order chi connectivity index (χ1) is 21.1. The van der Waals surface area contributed by atoms with Gasteiger partial charge in [-0.1, -0.05) is 0 Å². The fourth-order valence-corrected chi connectivity index (χ4v) is 6.96. The van der Waals surface area contributed by atoms with Gasteiger partial charge in [0, 0.05) is 42.7 Å². The number of nitriles is 1. The number of nitrogens with one attached hydrogen (secondary N) is 2. The normalized spacial score (nSPS) is 20.4. The summed E-state index contributed by atoms with van der Waals surface area (Å²) in [6.07, 6.45) is 2.49. The standard InChI is InChI=1S/C31H45N9O4S/c1-19-18-38(6)12-9-13-40(19)28-35-21(16-23(36-28)43-15-14-39(7)29(42)44-30(2,3)4)25(33)37-27(41)31(5)11-8-10-22-24(31)20(17-32)26(34)45-22/h16,19H,8-15,18,34H2,1-7H3,(H2,33,37,41)/t19-,31-/m0/s1. The average molecular weight is 640 g/mol. The molecule has 0 aromatic carbocycles. The highest BCUT2D eigenvalue weighted by molar-refractivity contribution is 7.16. The van der Waals surface area contributed by atoms with Gasteiger partial charge in [-0.15, -0.1) is 11.3 Å². The molecule has 2 aromatic rings. The lowest BCUT2D eigenvalue weighted by molar-refractivity contribution is -0.125. The SMILES string of the molecule is C[C@H]1CN(C)CCCN1c1nc(OCCN(C)C(=O)OC(C)(C)C)cc(C(=N)NC(=O)[C@@]2(C)CCCc3sc(N)c(C#N)c32)n1. The highest BCUT2D eigenvalue weighted by Gasteiger charge is 2.43. The number of rotatable bonds is 7. The van der Waals surface area contributed by atoms with Crippen molar-refractivity contribution in [3.8, 4) is 11.9 Å². The lowest BCUT2D eigenvalue weighted by atomic mass is 9.72. The number of nitrogens with zero attached hydrogens (tertiary/aromatic N) is 6. The van der Waals surface area contributed by atoms with Crippen LogP contribution in [0.2, 0.25) is 0 Å². The van der Waals surface area contributed by atoms with E-state index in [0.717, 1.165) is 37.2 Å². The minimum atomic E-state index is -1.02. The third kappa shape index (κ3) is 7.83. The molecule has 4 rings (SSSR count). The molecule has 2 atom stereocenters. The van der Waals surface area contributed by atoms with Crippen LogP contribution < -0.4 is 20.7 Å². The summed E-state index contributed by atoms with van der Waals surface area (Å²) in [5.74, 6) is 0.0245. The number of likely N-dealkylation sites (N-methyl/N-ethyl adjacent to an activating group) is 2. The molecule has 14 heteroatoms. The van der Waals surface area contributed by atoms with Gasteiger partial charge in [-0.05, 0) is 73.9 Å². The number of amidine groups is 1. The number of ether oxygens (including phenoxy) is 2. The Kier molecular flexibility index (Phi) is 10.2. The number of carbonyl (C=O) groups is 2. The molecule has 45 heavy (non-hydrogen) atoms. The van der Waals surface area contributed by atoms with Crippen LogP contribution in [0, 0.1) is 16.7 Å².